The molecule has 0 radical (unpaired) electrons. The first-order valence-electron chi connectivity index (χ1n) is 7.16. The van der Waals surface area contributed by atoms with Gasteiger partial charge in [0.05, 0.1) is 5.60 Å². The molecule has 4 nitrogen and oxygen atoms in total. The van der Waals surface area contributed by atoms with Crippen LogP contribution in [0.15, 0.2) is 24.3 Å². The van der Waals surface area contributed by atoms with Gasteiger partial charge < -0.3 is 16.2 Å². The minimum absolute atomic E-state index is 0.185. The van der Waals surface area contributed by atoms with Crippen molar-refractivity contribution in [2.45, 2.75) is 45.1 Å². The van der Waals surface area contributed by atoms with Gasteiger partial charge in [0.2, 0.25) is 0 Å². The third-order valence-electron chi connectivity index (χ3n) is 4.26. The molecule has 4 N–H and O–H groups in total. The summed E-state index contributed by atoms with van der Waals surface area (Å²) < 4.78 is 0. The van der Waals surface area contributed by atoms with Gasteiger partial charge in [0, 0.05) is 17.8 Å². The van der Waals surface area contributed by atoms with Crippen LogP contribution in [0.1, 0.15) is 49.9 Å². The standard InChI is InChI=1S/C16H24N2O2/c1-15(2)6-8-16(20,9-7-15)11-18-14(19)12-4-3-5-13(17)10-12/h3-5,10,20H,6-9,11,17H2,1-2H3,(H,18,19). The summed E-state index contributed by atoms with van der Waals surface area (Å²) in [6.07, 6.45) is 3.43. The molecule has 0 spiro atoms. The number of nitrogens with one attached hydrogen (secondary N) is 1. The van der Waals surface area contributed by atoms with Crippen molar-refractivity contribution in [1.82, 2.24) is 5.32 Å². The molecule has 20 heavy (non-hydrogen) atoms. The van der Waals surface area contributed by atoms with Crippen LogP contribution in [0.2, 0.25) is 0 Å². The maximum Gasteiger partial charge on any atom is 0.251 e. The summed E-state index contributed by atoms with van der Waals surface area (Å²) in [5.74, 6) is -0.185. The van der Waals surface area contributed by atoms with Crippen molar-refractivity contribution in [3.8, 4) is 0 Å². The van der Waals surface area contributed by atoms with E-state index in [4.69, 9.17) is 5.73 Å². The molecule has 1 amide bonds. The Hall–Kier alpha value is -1.55. The second-order valence-electron chi connectivity index (χ2n) is 6.70. The molecule has 0 aliphatic heterocycles. The van der Waals surface area contributed by atoms with Crippen molar-refractivity contribution in [3.05, 3.63) is 29.8 Å². The Bertz CT molecular complexity index is 487. The highest BCUT2D eigenvalue weighted by Gasteiger charge is 2.36. The van der Waals surface area contributed by atoms with E-state index in [2.05, 4.69) is 19.2 Å². The number of amides is 1. The summed E-state index contributed by atoms with van der Waals surface area (Å²) in [6.45, 7) is 4.74. The summed E-state index contributed by atoms with van der Waals surface area (Å²) in [7, 11) is 0. The smallest absolute Gasteiger partial charge is 0.251 e. The van der Waals surface area contributed by atoms with E-state index >= 15 is 0 Å². The third kappa shape index (κ3) is 3.73. The minimum Gasteiger partial charge on any atom is -0.399 e. The van der Waals surface area contributed by atoms with Crippen molar-refractivity contribution in [1.29, 1.82) is 0 Å². The maximum absolute atomic E-state index is 12.0. The van der Waals surface area contributed by atoms with E-state index in [-0.39, 0.29) is 5.91 Å². The number of carbonyl (C=O) groups is 1. The van der Waals surface area contributed by atoms with Gasteiger partial charge in [-0.3, -0.25) is 4.79 Å². The van der Waals surface area contributed by atoms with Crippen LogP contribution in [-0.4, -0.2) is 23.2 Å². The molecule has 0 bridgehead atoms. The van der Waals surface area contributed by atoms with E-state index < -0.39 is 5.60 Å². The average molecular weight is 276 g/mol. The molecule has 1 fully saturated rings. The Morgan fingerprint density at radius 3 is 2.55 bits per heavy atom. The van der Waals surface area contributed by atoms with Crippen molar-refractivity contribution in [3.63, 3.8) is 0 Å². The summed E-state index contributed by atoms with van der Waals surface area (Å²) >= 11 is 0. The molecule has 0 atom stereocenters. The van der Waals surface area contributed by atoms with Crippen molar-refractivity contribution < 1.29 is 9.90 Å². The molecule has 1 aliphatic carbocycles. The lowest BCUT2D eigenvalue weighted by atomic mass is 9.71. The van der Waals surface area contributed by atoms with Gasteiger partial charge in [-0.2, -0.15) is 0 Å². The topological polar surface area (TPSA) is 75.3 Å². The molecular weight excluding hydrogens is 252 g/mol. The zero-order chi connectivity index (χ0) is 14.8. The molecule has 2 rings (SSSR count). The number of nitrogen functional groups attached to an aromatic ring is 1. The first-order valence-corrected chi connectivity index (χ1v) is 7.16. The highest BCUT2D eigenvalue weighted by Crippen LogP contribution is 2.39. The summed E-state index contributed by atoms with van der Waals surface area (Å²) in [4.78, 5) is 12.0. The van der Waals surface area contributed by atoms with Gasteiger partial charge in [0.25, 0.3) is 5.91 Å². The lowest BCUT2D eigenvalue weighted by Gasteiger charge is -2.40. The van der Waals surface area contributed by atoms with Gasteiger partial charge in [-0.05, 0) is 49.3 Å². The molecule has 0 saturated heterocycles. The van der Waals surface area contributed by atoms with Crippen LogP contribution >= 0.6 is 0 Å². The van der Waals surface area contributed by atoms with Gasteiger partial charge in [-0.25, -0.2) is 0 Å². The Morgan fingerprint density at radius 2 is 1.95 bits per heavy atom. The van der Waals surface area contributed by atoms with Crippen LogP contribution < -0.4 is 11.1 Å². The molecule has 4 heteroatoms. The maximum atomic E-state index is 12.0. The van der Waals surface area contributed by atoms with Crippen LogP contribution in [0, 0.1) is 5.41 Å². The summed E-state index contributed by atoms with van der Waals surface area (Å²) in [6, 6.07) is 6.86. The zero-order valence-electron chi connectivity index (χ0n) is 12.3. The van der Waals surface area contributed by atoms with Crippen molar-refractivity contribution in [2.24, 2.45) is 5.41 Å². The molecule has 0 unspecified atom stereocenters. The Kier molecular flexibility index (Phi) is 4.04. The van der Waals surface area contributed by atoms with Crippen molar-refractivity contribution in [2.75, 3.05) is 12.3 Å². The van der Waals surface area contributed by atoms with Crippen LogP contribution in [-0.2, 0) is 0 Å². The zero-order valence-corrected chi connectivity index (χ0v) is 12.3. The van der Waals surface area contributed by atoms with Gasteiger partial charge in [-0.15, -0.1) is 0 Å². The highest BCUT2D eigenvalue weighted by atomic mass is 16.3. The van der Waals surface area contributed by atoms with E-state index in [9.17, 15) is 9.90 Å². The first kappa shape index (κ1) is 14.9. The number of hydrogen-bond donors (Lipinski definition) is 3. The van der Waals surface area contributed by atoms with Gasteiger partial charge in [0.15, 0.2) is 0 Å². The SMILES string of the molecule is CC1(C)CCC(O)(CNC(=O)c2cccc(N)c2)CC1. The third-order valence-corrected chi connectivity index (χ3v) is 4.26. The molecule has 1 saturated carbocycles. The van der Waals surface area contributed by atoms with E-state index in [1.807, 2.05) is 0 Å². The Balaban J connectivity index is 1.90. The largest absolute Gasteiger partial charge is 0.399 e. The number of rotatable bonds is 3. The average Bonchev–Trinajstić information content (AvgIpc) is 2.40. The molecule has 0 heterocycles. The van der Waals surface area contributed by atoms with Gasteiger partial charge in [0.1, 0.15) is 0 Å². The van der Waals surface area contributed by atoms with E-state index in [1.54, 1.807) is 24.3 Å². The fourth-order valence-corrected chi connectivity index (χ4v) is 2.60. The summed E-state index contributed by atoms with van der Waals surface area (Å²) in [5, 5.41) is 13.3. The lowest BCUT2D eigenvalue weighted by Crippen LogP contribution is -2.46. The highest BCUT2D eigenvalue weighted by molar-refractivity contribution is 5.95. The fourth-order valence-electron chi connectivity index (χ4n) is 2.60. The monoisotopic (exact) mass is 276 g/mol. The van der Waals surface area contributed by atoms with Crippen LogP contribution in [0.25, 0.3) is 0 Å². The van der Waals surface area contributed by atoms with E-state index in [0.29, 0.717) is 23.2 Å². The van der Waals surface area contributed by atoms with Crippen LogP contribution in [0.3, 0.4) is 0 Å². The quantitative estimate of drug-likeness (QED) is 0.742. The fraction of sp³-hybridized carbons (Fsp3) is 0.562. The Morgan fingerprint density at radius 1 is 1.30 bits per heavy atom. The van der Waals surface area contributed by atoms with Crippen molar-refractivity contribution >= 4 is 11.6 Å². The molecule has 110 valence electrons. The first-order chi connectivity index (χ1) is 9.30. The number of nitrogens with two attached hydrogens (primary N) is 1. The molecule has 1 aromatic carbocycles. The summed E-state index contributed by atoms with van der Waals surface area (Å²) in [5.41, 5.74) is 6.28. The molecule has 1 aromatic rings. The van der Waals surface area contributed by atoms with Crippen LogP contribution in [0.5, 0.6) is 0 Å². The molecule has 0 aromatic heterocycles. The Labute approximate surface area is 120 Å². The minimum atomic E-state index is -0.772. The second-order valence-corrected chi connectivity index (χ2v) is 6.70. The van der Waals surface area contributed by atoms with E-state index in [1.165, 1.54) is 0 Å². The van der Waals surface area contributed by atoms with Crippen LogP contribution in [0.4, 0.5) is 5.69 Å². The predicted molar refractivity (Wildman–Crippen MR) is 80.4 cm³/mol. The number of anilines is 1. The normalized spacial score (nSPS) is 20.4. The lowest BCUT2D eigenvalue weighted by molar-refractivity contribution is -0.0233. The number of benzene rings is 1. The van der Waals surface area contributed by atoms with E-state index in [0.717, 1.165) is 25.7 Å². The number of aliphatic hydroxyl groups is 1. The number of hydrogen-bond acceptors (Lipinski definition) is 3. The second kappa shape index (κ2) is 5.44. The molecular formula is C16H24N2O2. The molecule has 1 aliphatic rings. The number of carbonyl (C=O) groups excluding carboxylic acids is 1. The predicted octanol–water partition coefficient (Wildman–Crippen LogP) is 2.33. The van der Waals surface area contributed by atoms with Gasteiger partial charge >= 0.3 is 0 Å². The van der Waals surface area contributed by atoms with Gasteiger partial charge in [-0.1, -0.05) is 19.9 Å².